The highest BCUT2D eigenvalue weighted by Gasteiger charge is 2.19. The molecule has 1 saturated heterocycles. The molecule has 1 fully saturated rings. The van der Waals surface area contributed by atoms with Crippen LogP contribution in [0.5, 0.6) is 0 Å². The number of hydrogen-bond acceptors (Lipinski definition) is 4. The zero-order valence-electron chi connectivity index (χ0n) is 14.7. The van der Waals surface area contributed by atoms with Gasteiger partial charge in [-0.2, -0.15) is 0 Å². The highest BCUT2D eigenvalue weighted by molar-refractivity contribution is 7.09. The van der Waals surface area contributed by atoms with Crippen molar-refractivity contribution in [1.29, 1.82) is 0 Å². The molecule has 2 rings (SSSR count). The minimum Gasteiger partial charge on any atom is -0.370 e. The fraction of sp³-hybridized carbons (Fsp3) is 0.765. The van der Waals surface area contributed by atoms with Crippen LogP contribution >= 0.6 is 11.3 Å². The normalized spacial score (nSPS) is 17.8. The number of aryl methyl sites for hydroxylation is 1. The van der Waals surface area contributed by atoms with Gasteiger partial charge in [0, 0.05) is 25.0 Å². The Kier molecular flexibility index (Phi) is 7.30. The number of guanidine groups is 1. The molecule has 1 aliphatic heterocycles. The van der Waals surface area contributed by atoms with Crippen molar-refractivity contribution in [2.45, 2.75) is 46.6 Å². The Morgan fingerprint density at radius 2 is 2.22 bits per heavy atom. The SMILES string of the molecule is Cc1nc(CN2CCC(CN=C(N)NCCC(C)C)CC2)cs1. The van der Waals surface area contributed by atoms with Crippen molar-refractivity contribution in [2.24, 2.45) is 22.6 Å². The van der Waals surface area contributed by atoms with E-state index in [4.69, 9.17) is 5.73 Å². The van der Waals surface area contributed by atoms with Crippen LogP contribution in [0.4, 0.5) is 0 Å². The molecular formula is C17H31N5S. The molecule has 23 heavy (non-hydrogen) atoms. The first-order chi connectivity index (χ1) is 11.0. The summed E-state index contributed by atoms with van der Waals surface area (Å²) in [5.74, 6) is 1.96. The molecule has 6 heteroatoms. The van der Waals surface area contributed by atoms with Gasteiger partial charge >= 0.3 is 0 Å². The van der Waals surface area contributed by atoms with E-state index in [9.17, 15) is 0 Å². The predicted octanol–water partition coefficient (Wildman–Crippen LogP) is 2.61. The summed E-state index contributed by atoms with van der Waals surface area (Å²) in [5, 5.41) is 6.54. The molecule has 0 atom stereocenters. The molecule has 0 bridgehead atoms. The van der Waals surface area contributed by atoms with Crippen LogP contribution in [0.25, 0.3) is 0 Å². The maximum atomic E-state index is 5.93. The van der Waals surface area contributed by atoms with Crippen LogP contribution in [0, 0.1) is 18.8 Å². The summed E-state index contributed by atoms with van der Waals surface area (Å²) in [5.41, 5.74) is 7.14. The minimum absolute atomic E-state index is 0.603. The van der Waals surface area contributed by atoms with E-state index in [0.29, 0.717) is 17.8 Å². The van der Waals surface area contributed by atoms with Crippen molar-refractivity contribution in [1.82, 2.24) is 15.2 Å². The molecule has 130 valence electrons. The molecule has 1 aromatic heterocycles. The first-order valence-corrected chi connectivity index (χ1v) is 9.58. The number of thiazole rings is 1. The summed E-state index contributed by atoms with van der Waals surface area (Å²) in [7, 11) is 0. The van der Waals surface area contributed by atoms with Crippen LogP contribution in [-0.4, -0.2) is 42.0 Å². The van der Waals surface area contributed by atoms with Gasteiger partial charge in [-0.05, 0) is 51.1 Å². The fourth-order valence-electron chi connectivity index (χ4n) is 2.81. The number of hydrogen-bond donors (Lipinski definition) is 2. The minimum atomic E-state index is 0.603. The second kappa shape index (κ2) is 9.23. The standard InChI is InChI=1S/C17H31N5S/c1-13(2)4-7-19-17(18)20-10-15-5-8-22(9-6-15)11-16-12-23-14(3)21-16/h12-13,15H,4-11H2,1-3H3,(H3,18,19,20). The van der Waals surface area contributed by atoms with Crippen molar-refractivity contribution in [3.63, 3.8) is 0 Å². The number of rotatable bonds is 7. The predicted molar refractivity (Wildman–Crippen MR) is 98.8 cm³/mol. The van der Waals surface area contributed by atoms with E-state index in [1.807, 2.05) is 0 Å². The summed E-state index contributed by atoms with van der Waals surface area (Å²) < 4.78 is 0. The molecule has 2 heterocycles. The van der Waals surface area contributed by atoms with Gasteiger partial charge in [-0.1, -0.05) is 13.8 Å². The van der Waals surface area contributed by atoms with E-state index in [1.165, 1.54) is 18.5 Å². The highest BCUT2D eigenvalue weighted by atomic mass is 32.1. The molecular weight excluding hydrogens is 306 g/mol. The van der Waals surface area contributed by atoms with E-state index in [0.717, 1.165) is 44.2 Å². The van der Waals surface area contributed by atoms with E-state index in [-0.39, 0.29) is 0 Å². The lowest BCUT2D eigenvalue weighted by Gasteiger charge is -2.30. The number of aromatic nitrogens is 1. The number of nitrogens with two attached hydrogens (primary N) is 1. The lowest BCUT2D eigenvalue weighted by molar-refractivity contribution is 0.179. The Bertz CT molecular complexity index is 489. The number of likely N-dealkylation sites (tertiary alicyclic amines) is 1. The molecule has 0 radical (unpaired) electrons. The van der Waals surface area contributed by atoms with Gasteiger partial charge in [-0.25, -0.2) is 4.98 Å². The molecule has 1 aliphatic rings. The van der Waals surface area contributed by atoms with Crippen molar-refractivity contribution in [3.8, 4) is 0 Å². The third-order valence-corrected chi connectivity index (χ3v) is 5.13. The third-order valence-electron chi connectivity index (χ3n) is 4.31. The highest BCUT2D eigenvalue weighted by Crippen LogP contribution is 2.20. The lowest BCUT2D eigenvalue weighted by atomic mass is 9.97. The summed E-state index contributed by atoms with van der Waals surface area (Å²) in [6.45, 7) is 11.5. The van der Waals surface area contributed by atoms with Crippen LogP contribution in [0.15, 0.2) is 10.4 Å². The second-order valence-electron chi connectivity index (χ2n) is 6.91. The van der Waals surface area contributed by atoms with E-state index < -0.39 is 0 Å². The van der Waals surface area contributed by atoms with Gasteiger partial charge in [0.1, 0.15) is 0 Å². The summed E-state index contributed by atoms with van der Waals surface area (Å²) in [6, 6.07) is 0. The van der Waals surface area contributed by atoms with Crippen molar-refractivity contribution >= 4 is 17.3 Å². The third kappa shape index (κ3) is 6.87. The maximum Gasteiger partial charge on any atom is 0.188 e. The molecule has 0 unspecified atom stereocenters. The van der Waals surface area contributed by atoms with Crippen molar-refractivity contribution < 1.29 is 0 Å². The van der Waals surface area contributed by atoms with Crippen LogP contribution < -0.4 is 11.1 Å². The maximum absolute atomic E-state index is 5.93. The molecule has 0 aromatic carbocycles. The quantitative estimate of drug-likeness (QED) is 0.593. The van der Waals surface area contributed by atoms with Gasteiger partial charge < -0.3 is 11.1 Å². The van der Waals surface area contributed by atoms with Gasteiger partial charge in [-0.15, -0.1) is 11.3 Å². The monoisotopic (exact) mass is 337 g/mol. The summed E-state index contributed by atoms with van der Waals surface area (Å²) in [4.78, 5) is 11.6. The van der Waals surface area contributed by atoms with E-state index in [1.54, 1.807) is 11.3 Å². The molecule has 0 spiro atoms. The number of nitrogens with one attached hydrogen (secondary N) is 1. The molecule has 0 amide bonds. The van der Waals surface area contributed by atoms with Gasteiger partial charge in [0.25, 0.3) is 0 Å². The Labute approximate surface area is 144 Å². The number of nitrogens with zero attached hydrogens (tertiary/aromatic N) is 3. The van der Waals surface area contributed by atoms with Crippen LogP contribution in [0.3, 0.4) is 0 Å². The van der Waals surface area contributed by atoms with Crippen LogP contribution in [-0.2, 0) is 6.54 Å². The van der Waals surface area contributed by atoms with Gasteiger partial charge in [0.05, 0.1) is 10.7 Å². The second-order valence-corrected chi connectivity index (χ2v) is 7.97. The van der Waals surface area contributed by atoms with Gasteiger partial charge in [0.15, 0.2) is 5.96 Å². The van der Waals surface area contributed by atoms with E-state index >= 15 is 0 Å². The lowest BCUT2D eigenvalue weighted by Crippen LogP contribution is -2.36. The Balaban J connectivity index is 1.64. The largest absolute Gasteiger partial charge is 0.370 e. The first kappa shape index (κ1) is 18.2. The number of aliphatic imine (C=N–C) groups is 1. The van der Waals surface area contributed by atoms with Crippen LogP contribution in [0.2, 0.25) is 0 Å². The van der Waals surface area contributed by atoms with Crippen molar-refractivity contribution in [2.75, 3.05) is 26.2 Å². The Morgan fingerprint density at radius 1 is 1.48 bits per heavy atom. The summed E-state index contributed by atoms with van der Waals surface area (Å²) >= 11 is 1.74. The van der Waals surface area contributed by atoms with E-state index in [2.05, 4.69) is 46.3 Å². The average molecular weight is 338 g/mol. The van der Waals surface area contributed by atoms with Crippen molar-refractivity contribution in [3.05, 3.63) is 16.1 Å². The molecule has 0 saturated carbocycles. The van der Waals surface area contributed by atoms with Crippen LogP contribution in [0.1, 0.15) is 43.8 Å². The fourth-order valence-corrected chi connectivity index (χ4v) is 3.41. The zero-order valence-corrected chi connectivity index (χ0v) is 15.5. The topological polar surface area (TPSA) is 66.5 Å². The molecule has 0 aliphatic carbocycles. The molecule has 3 N–H and O–H groups in total. The summed E-state index contributed by atoms with van der Waals surface area (Å²) in [6.07, 6.45) is 3.53. The first-order valence-electron chi connectivity index (χ1n) is 8.70. The number of piperidine rings is 1. The molecule has 1 aromatic rings. The Morgan fingerprint density at radius 3 is 2.83 bits per heavy atom. The smallest absolute Gasteiger partial charge is 0.188 e. The Hall–Kier alpha value is -1.14. The zero-order chi connectivity index (χ0) is 16.7. The molecule has 5 nitrogen and oxygen atoms in total. The average Bonchev–Trinajstić information content (AvgIpc) is 2.91. The van der Waals surface area contributed by atoms with Gasteiger partial charge in [-0.3, -0.25) is 9.89 Å². The van der Waals surface area contributed by atoms with Gasteiger partial charge in [0.2, 0.25) is 0 Å².